The summed E-state index contributed by atoms with van der Waals surface area (Å²) in [6.07, 6.45) is 1.76. The molecular formula is C19H18ClN3O2. The molecular weight excluding hydrogens is 338 g/mol. The van der Waals surface area contributed by atoms with E-state index in [2.05, 4.69) is 15.6 Å². The van der Waals surface area contributed by atoms with Crippen molar-refractivity contribution in [2.45, 2.75) is 6.92 Å². The zero-order chi connectivity index (χ0) is 17.6. The molecule has 5 nitrogen and oxygen atoms in total. The molecule has 25 heavy (non-hydrogen) atoms. The van der Waals surface area contributed by atoms with Gasteiger partial charge in [-0.1, -0.05) is 23.7 Å². The number of benzene rings is 2. The molecule has 128 valence electrons. The van der Waals surface area contributed by atoms with Crippen LogP contribution in [0.1, 0.15) is 5.56 Å². The highest BCUT2D eigenvalue weighted by atomic mass is 35.5. The Balaban J connectivity index is 1.47. The first kappa shape index (κ1) is 17.0. The first-order valence-corrected chi connectivity index (χ1v) is 8.28. The van der Waals surface area contributed by atoms with Crippen LogP contribution in [0, 0.1) is 6.92 Å². The number of amides is 2. The van der Waals surface area contributed by atoms with Gasteiger partial charge < -0.3 is 15.4 Å². The highest BCUT2D eigenvalue weighted by Gasteiger charge is 2.05. The van der Waals surface area contributed by atoms with Gasteiger partial charge in [0.25, 0.3) is 0 Å². The summed E-state index contributed by atoms with van der Waals surface area (Å²) in [6, 6.07) is 14.6. The van der Waals surface area contributed by atoms with Crippen molar-refractivity contribution in [3.63, 3.8) is 0 Å². The van der Waals surface area contributed by atoms with E-state index < -0.39 is 0 Å². The number of hydrogen-bond acceptors (Lipinski definition) is 3. The van der Waals surface area contributed by atoms with Crippen LogP contribution in [0.5, 0.6) is 5.75 Å². The maximum Gasteiger partial charge on any atom is 0.319 e. The Morgan fingerprint density at radius 2 is 2.08 bits per heavy atom. The van der Waals surface area contributed by atoms with Crippen molar-refractivity contribution in [3.8, 4) is 5.75 Å². The number of fused-ring (bicyclic) bond motifs is 1. The summed E-state index contributed by atoms with van der Waals surface area (Å²) in [5.74, 6) is 0.744. The minimum atomic E-state index is -0.295. The molecule has 2 amide bonds. The summed E-state index contributed by atoms with van der Waals surface area (Å²) in [7, 11) is 0. The molecule has 1 aromatic heterocycles. The summed E-state index contributed by atoms with van der Waals surface area (Å²) < 4.78 is 5.67. The Bertz CT molecular complexity index is 899. The van der Waals surface area contributed by atoms with Crippen molar-refractivity contribution >= 4 is 34.2 Å². The van der Waals surface area contributed by atoms with Crippen molar-refractivity contribution in [1.29, 1.82) is 0 Å². The maximum absolute atomic E-state index is 11.9. The molecule has 6 heteroatoms. The standard InChI is InChI=1S/C19H18ClN3O2/c1-13-4-5-15(20)12-18(13)23-19(24)22-9-10-25-16-6-7-17-14(11-16)3-2-8-21-17/h2-8,11-12H,9-10H2,1H3,(H2,22,23,24). The minimum Gasteiger partial charge on any atom is -0.492 e. The van der Waals surface area contributed by atoms with E-state index in [-0.39, 0.29) is 6.03 Å². The number of hydrogen-bond donors (Lipinski definition) is 2. The van der Waals surface area contributed by atoms with Gasteiger partial charge in [-0.05, 0) is 48.9 Å². The molecule has 0 spiro atoms. The maximum atomic E-state index is 11.9. The Morgan fingerprint density at radius 1 is 1.20 bits per heavy atom. The van der Waals surface area contributed by atoms with Gasteiger partial charge in [-0.2, -0.15) is 0 Å². The van der Waals surface area contributed by atoms with Crippen LogP contribution in [0.4, 0.5) is 10.5 Å². The molecule has 1 heterocycles. The molecule has 2 aromatic carbocycles. The van der Waals surface area contributed by atoms with Crippen molar-refractivity contribution in [2.24, 2.45) is 0 Å². The molecule has 0 fully saturated rings. The second kappa shape index (κ2) is 7.85. The fourth-order valence-corrected chi connectivity index (χ4v) is 2.54. The summed E-state index contributed by atoms with van der Waals surface area (Å²) in [4.78, 5) is 16.2. The zero-order valence-corrected chi connectivity index (χ0v) is 14.5. The van der Waals surface area contributed by atoms with E-state index in [9.17, 15) is 4.79 Å². The summed E-state index contributed by atoms with van der Waals surface area (Å²) in [6.45, 7) is 2.66. The predicted octanol–water partition coefficient (Wildman–Crippen LogP) is 4.40. The third-order valence-electron chi connectivity index (χ3n) is 3.68. The van der Waals surface area contributed by atoms with Gasteiger partial charge in [0, 0.05) is 22.3 Å². The van der Waals surface area contributed by atoms with Crippen LogP contribution < -0.4 is 15.4 Å². The lowest BCUT2D eigenvalue weighted by molar-refractivity contribution is 0.247. The highest BCUT2D eigenvalue weighted by Crippen LogP contribution is 2.20. The van der Waals surface area contributed by atoms with Crippen LogP contribution in [0.3, 0.4) is 0 Å². The molecule has 0 radical (unpaired) electrons. The molecule has 0 saturated carbocycles. The molecule has 3 rings (SSSR count). The number of urea groups is 1. The number of aromatic nitrogens is 1. The van der Waals surface area contributed by atoms with Gasteiger partial charge in [0.1, 0.15) is 12.4 Å². The van der Waals surface area contributed by atoms with Crippen LogP contribution in [-0.2, 0) is 0 Å². The van der Waals surface area contributed by atoms with Gasteiger partial charge in [0.15, 0.2) is 0 Å². The SMILES string of the molecule is Cc1ccc(Cl)cc1NC(=O)NCCOc1ccc2ncccc2c1. The van der Waals surface area contributed by atoms with E-state index in [1.54, 1.807) is 18.3 Å². The quantitative estimate of drug-likeness (QED) is 0.667. The number of carbonyl (C=O) groups is 1. The van der Waals surface area contributed by atoms with Gasteiger partial charge in [0.05, 0.1) is 12.1 Å². The van der Waals surface area contributed by atoms with Crippen LogP contribution in [0.2, 0.25) is 5.02 Å². The fourth-order valence-electron chi connectivity index (χ4n) is 2.37. The molecule has 0 aliphatic heterocycles. The second-order valence-electron chi connectivity index (χ2n) is 5.55. The van der Waals surface area contributed by atoms with E-state index in [1.807, 2.05) is 43.3 Å². The normalized spacial score (nSPS) is 10.5. The minimum absolute atomic E-state index is 0.295. The Kier molecular flexibility index (Phi) is 5.36. The van der Waals surface area contributed by atoms with Crippen LogP contribution in [0.25, 0.3) is 10.9 Å². The number of ether oxygens (including phenoxy) is 1. The lowest BCUT2D eigenvalue weighted by Crippen LogP contribution is -2.32. The Hall–Kier alpha value is -2.79. The number of nitrogens with one attached hydrogen (secondary N) is 2. The topological polar surface area (TPSA) is 63.2 Å². The van der Waals surface area contributed by atoms with Crippen LogP contribution in [0.15, 0.2) is 54.7 Å². The van der Waals surface area contributed by atoms with Crippen molar-refractivity contribution < 1.29 is 9.53 Å². The number of anilines is 1. The van der Waals surface area contributed by atoms with Crippen molar-refractivity contribution in [1.82, 2.24) is 10.3 Å². The lowest BCUT2D eigenvalue weighted by atomic mass is 10.2. The van der Waals surface area contributed by atoms with E-state index in [1.165, 1.54) is 0 Å². The Morgan fingerprint density at radius 3 is 2.96 bits per heavy atom. The second-order valence-corrected chi connectivity index (χ2v) is 5.98. The number of rotatable bonds is 5. The number of carbonyl (C=O) groups excluding carboxylic acids is 1. The van der Waals surface area contributed by atoms with Crippen molar-refractivity contribution in [2.75, 3.05) is 18.5 Å². The average molecular weight is 356 g/mol. The van der Waals surface area contributed by atoms with E-state index in [0.29, 0.717) is 23.9 Å². The number of halogens is 1. The third-order valence-corrected chi connectivity index (χ3v) is 3.91. The molecule has 0 saturated heterocycles. The van der Waals surface area contributed by atoms with Crippen LogP contribution >= 0.6 is 11.6 Å². The molecule has 0 aliphatic rings. The fraction of sp³-hybridized carbons (Fsp3) is 0.158. The van der Waals surface area contributed by atoms with E-state index in [0.717, 1.165) is 22.2 Å². The van der Waals surface area contributed by atoms with Crippen molar-refractivity contribution in [3.05, 3.63) is 65.3 Å². The smallest absolute Gasteiger partial charge is 0.319 e. The van der Waals surface area contributed by atoms with Gasteiger partial charge >= 0.3 is 6.03 Å². The molecule has 3 aromatic rings. The average Bonchev–Trinajstić information content (AvgIpc) is 2.62. The number of aryl methyl sites for hydroxylation is 1. The molecule has 0 atom stereocenters. The summed E-state index contributed by atoms with van der Waals surface area (Å²) in [5, 5.41) is 7.12. The molecule has 0 bridgehead atoms. The summed E-state index contributed by atoms with van der Waals surface area (Å²) >= 11 is 5.94. The first-order chi connectivity index (χ1) is 12.1. The van der Waals surface area contributed by atoms with E-state index >= 15 is 0 Å². The van der Waals surface area contributed by atoms with E-state index in [4.69, 9.17) is 16.3 Å². The first-order valence-electron chi connectivity index (χ1n) is 7.90. The largest absolute Gasteiger partial charge is 0.492 e. The molecule has 2 N–H and O–H groups in total. The lowest BCUT2D eigenvalue weighted by Gasteiger charge is -2.11. The van der Waals surface area contributed by atoms with Gasteiger partial charge in [-0.3, -0.25) is 4.98 Å². The highest BCUT2D eigenvalue weighted by molar-refractivity contribution is 6.31. The zero-order valence-electron chi connectivity index (χ0n) is 13.8. The Labute approximate surface area is 151 Å². The van der Waals surface area contributed by atoms with Gasteiger partial charge in [-0.25, -0.2) is 4.79 Å². The molecule has 0 unspecified atom stereocenters. The monoisotopic (exact) mass is 355 g/mol. The summed E-state index contributed by atoms with van der Waals surface area (Å²) in [5.41, 5.74) is 2.55. The number of nitrogens with zero attached hydrogens (tertiary/aromatic N) is 1. The predicted molar refractivity (Wildman–Crippen MR) is 100 cm³/mol. The molecule has 0 aliphatic carbocycles. The number of pyridine rings is 1. The van der Waals surface area contributed by atoms with Crippen LogP contribution in [-0.4, -0.2) is 24.2 Å². The van der Waals surface area contributed by atoms with Gasteiger partial charge in [-0.15, -0.1) is 0 Å². The van der Waals surface area contributed by atoms with Gasteiger partial charge in [0.2, 0.25) is 0 Å². The third kappa shape index (κ3) is 4.61.